The van der Waals surface area contributed by atoms with Gasteiger partial charge in [-0.05, 0) is 6.42 Å². The highest BCUT2D eigenvalue weighted by Crippen LogP contribution is 2.12. The quantitative estimate of drug-likeness (QED) is 0.626. The fourth-order valence-corrected chi connectivity index (χ4v) is 2.15. The minimum absolute atomic E-state index is 0.0180. The lowest BCUT2D eigenvalue weighted by molar-refractivity contribution is -0.0554. The summed E-state index contributed by atoms with van der Waals surface area (Å²) in [5.74, 6) is 0. The molecule has 16 heavy (non-hydrogen) atoms. The van der Waals surface area contributed by atoms with E-state index in [1.54, 1.807) is 0 Å². The van der Waals surface area contributed by atoms with Crippen LogP contribution in [0, 0.1) is 0 Å². The first-order valence-electron chi connectivity index (χ1n) is 6.85. The molecule has 1 rings (SSSR count). The summed E-state index contributed by atoms with van der Waals surface area (Å²) < 4.78 is 5.52. The van der Waals surface area contributed by atoms with Gasteiger partial charge in [-0.2, -0.15) is 0 Å². The molecule has 0 amide bonds. The van der Waals surface area contributed by atoms with Crippen molar-refractivity contribution in [3.8, 4) is 0 Å². The van der Waals surface area contributed by atoms with E-state index in [1.807, 2.05) is 0 Å². The van der Waals surface area contributed by atoms with Crippen molar-refractivity contribution < 1.29 is 9.84 Å². The van der Waals surface area contributed by atoms with Crippen molar-refractivity contribution >= 4 is 0 Å². The van der Waals surface area contributed by atoms with Crippen molar-refractivity contribution in [1.82, 2.24) is 5.32 Å². The number of nitrogens with one attached hydrogen (secondary N) is 1. The molecule has 0 radical (unpaired) electrons. The summed E-state index contributed by atoms with van der Waals surface area (Å²) >= 11 is 0. The molecule has 1 saturated heterocycles. The van der Waals surface area contributed by atoms with E-state index >= 15 is 0 Å². The van der Waals surface area contributed by atoms with Crippen LogP contribution < -0.4 is 5.32 Å². The van der Waals surface area contributed by atoms with Crippen molar-refractivity contribution in [2.45, 2.75) is 64.1 Å². The van der Waals surface area contributed by atoms with Gasteiger partial charge < -0.3 is 15.2 Å². The summed E-state index contributed by atoms with van der Waals surface area (Å²) in [7, 11) is 0. The van der Waals surface area contributed by atoms with E-state index in [0.717, 1.165) is 32.5 Å². The molecule has 0 aromatic heterocycles. The predicted molar refractivity (Wildman–Crippen MR) is 66.6 cm³/mol. The van der Waals surface area contributed by atoms with Gasteiger partial charge in [-0.15, -0.1) is 0 Å². The van der Waals surface area contributed by atoms with E-state index in [1.165, 1.54) is 32.1 Å². The Morgan fingerprint density at radius 2 is 2.00 bits per heavy atom. The molecule has 0 saturated carbocycles. The van der Waals surface area contributed by atoms with Crippen LogP contribution in [0.1, 0.15) is 51.9 Å². The van der Waals surface area contributed by atoms with Gasteiger partial charge in [0.1, 0.15) is 0 Å². The van der Waals surface area contributed by atoms with Gasteiger partial charge >= 0.3 is 0 Å². The smallest absolute Gasteiger partial charge is 0.0958 e. The van der Waals surface area contributed by atoms with Gasteiger partial charge in [0, 0.05) is 13.1 Å². The number of morpholine rings is 1. The van der Waals surface area contributed by atoms with Crippen LogP contribution in [0.15, 0.2) is 0 Å². The maximum atomic E-state index is 9.91. The summed E-state index contributed by atoms with van der Waals surface area (Å²) in [6, 6.07) is 0. The zero-order valence-corrected chi connectivity index (χ0v) is 10.6. The summed E-state index contributed by atoms with van der Waals surface area (Å²) in [6.45, 7) is 4.69. The van der Waals surface area contributed by atoms with Gasteiger partial charge in [-0.25, -0.2) is 0 Å². The van der Waals surface area contributed by atoms with Gasteiger partial charge in [0.15, 0.2) is 0 Å². The Labute approximate surface area is 99.6 Å². The summed E-state index contributed by atoms with van der Waals surface area (Å²) in [5, 5.41) is 13.2. The molecule has 2 N–H and O–H groups in total. The lowest BCUT2D eigenvalue weighted by atomic mass is 10.0. The third-order valence-corrected chi connectivity index (χ3v) is 3.24. The van der Waals surface area contributed by atoms with Crippen molar-refractivity contribution in [2.24, 2.45) is 0 Å². The maximum Gasteiger partial charge on any atom is 0.0958 e. The largest absolute Gasteiger partial charge is 0.390 e. The van der Waals surface area contributed by atoms with E-state index in [-0.39, 0.29) is 12.2 Å². The SMILES string of the molecule is CCCCCCCCC(O)C1CNCCO1. The van der Waals surface area contributed by atoms with Gasteiger partial charge in [-0.1, -0.05) is 45.4 Å². The number of ether oxygens (including phenoxy) is 1. The molecule has 0 aliphatic carbocycles. The third-order valence-electron chi connectivity index (χ3n) is 3.24. The highest BCUT2D eigenvalue weighted by Gasteiger charge is 2.21. The minimum atomic E-state index is -0.279. The molecule has 1 heterocycles. The lowest BCUT2D eigenvalue weighted by Gasteiger charge is -2.27. The second-order valence-electron chi connectivity index (χ2n) is 4.74. The van der Waals surface area contributed by atoms with Crippen molar-refractivity contribution in [3.05, 3.63) is 0 Å². The Morgan fingerprint density at radius 1 is 1.25 bits per heavy atom. The van der Waals surface area contributed by atoms with E-state index in [2.05, 4.69) is 12.2 Å². The third kappa shape index (κ3) is 5.83. The number of aliphatic hydroxyl groups is 1. The molecular formula is C13H27NO2. The number of unbranched alkanes of at least 4 members (excludes halogenated alkanes) is 5. The van der Waals surface area contributed by atoms with E-state index in [0.29, 0.717) is 0 Å². The topological polar surface area (TPSA) is 41.5 Å². The molecule has 2 unspecified atom stereocenters. The Kier molecular flexibility index (Phi) is 7.81. The second-order valence-corrected chi connectivity index (χ2v) is 4.74. The molecule has 0 aromatic carbocycles. The Hall–Kier alpha value is -0.120. The van der Waals surface area contributed by atoms with Gasteiger partial charge in [0.05, 0.1) is 18.8 Å². The minimum Gasteiger partial charge on any atom is -0.390 e. The molecular weight excluding hydrogens is 202 g/mol. The number of aliphatic hydroxyl groups excluding tert-OH is 1. The van der Waals surface area contributed by atoms with Crippen LogP contribution in [0.4, 0.5) is 0 Å². The zero-order chi connectivity index (χ0) is 11.6. The Balaban J connectivity index is 1.94. The van der Waals surface area contributed by atoms with Crippen LogP contribution in [-0.2, 0) is 4.74 Å². The molecule has 1 aliphatic heterocycles. The normalized spacial score (nSPS) is 23.2. The first-order valence-corrected chi connectivity index (χ1v) is 6.85. The van der Waals surface area contributed by atoms with E-state index in [9.17, 15) is 5.11 Å². The fourth-order valence-electron chi connectivity index (χ4n) is 2.15. The average molecular weight is 229 g/mol. The lowest BCUT2D eigenvalue weighted by Crippen LogP contribution is -2.45. The average Bonchev–Trinajstić information content (AvgIpc) is 2.34. The van der Waals surface area contributed by atoms with Gasteiger partial charge in [0.25, 0.3) is 0 Å². The van der Waals surface area contributed by atoms with Gasteiger partial charge in [0.2, 0.25) is 0 Å². The van der Waals surface area contributed by atoms with E-state index in [4.69, 9.17) is 4.74 Å². The molecule has 2 atom stereocenters. The van der Waals surface area contributed by atoms with Crippen LogP contribution in [0.25, 0.3) is 0 Å². The molecule has 0 aromatic rings. The molecule has 1 fully saturated rings. The number of hydrogen-bond acceptors (Lipinski definition) is 3. The monoisotopic (exact) mass is 229 g/mol. The molecule has 96 valence electrons. The summed E-state index contributed by atoms with van der Waals surface area (Å²) in [5.41, 5.74) is 0. The number of hydrogen-bond donors (Lipinski definition) is 2. The van der Waals surface area contributed by atoms with Gasteiger partial charge in [-0.3, -0.25) is 0 Å². The molecule has 0 bridgehead atoms. The van der Waals surface area contributed by atoms with E-state index < -0.39 is 0 Å². The summed E-state index contributed by atoms with van der Waals surface area (Å²) in [6.07, 6.45) is 8.30. The second kappa shape index (κ2) is 8.97. The van der Waals surface area contributed by atoms with Crippen LogP contribution in [0.2, 0.25) is 0 Å². The maximum absolute atomic E-state index is 9.91. The van der Waals surface area contributed by atoms with Crippen LogP contribution in [-0.4, -0.2) is 37.0 Å². The molecule has 0 spiro atoms. The Morgan fingerprint density at radius 3 is 2.69 bits per heavy atom. The first-order chi connectivity index (χ1) is 7.84. The van der Waals surface area contributed by atoms with Crippen molar-refractivity contribution in [1.29, 1.82) is 0 Å². The predicted octanol–water partition coefficient (Wildman–Crippen LogP) is 2.09. The highest BCUT2D eigenvalue weighted by molar-refractivity contribution is 4.74. The standard InChI is InChI=1S/C13H27NO2/c1-2-3-4-5-6-7-8-12(15)13-11-14-9-10-16-13/h12-15H,2-11H2,1H3. The van der Waals surface area contributed by atoms with Crippen LogP contribution in [0.3, 0.4) is 0 Å². The Bertz CT molecular complexity index is 158. The zero-order valence-electron chi connectivity index (χ0n) is 10.6. The van der Waals surface area contributed by atoms with Crippen LogP contribution >= 0.6 is 0 Å². The fraction of sp³-hybridized carbons (Fsp3) is 1.00. The van der Waals surface area contributed by atoms with Crippen molar-refractivity contribution in [3.63, 3.8) is 0 Å². The highest BCUT2D eigenvalue weighted by atomic mass is 16.5. The summed E-state index contributed by atoms with van der Waals surface area (Å²) in [4.78, 5) is 0. The van der Waals surface area contributed by atoms with Crippen molar-refractivity contribution in [2.75, 3.05) is 19.7 Å². The number of rotatable bonds is 8. The molecule has 3 heteroatoms. The molecule has 1 aliphatic rings. The van der Waals surface area contributed by atoms with Crippen LogP contribution in [0.5, 0.6) is 0 Å². The molecule has 3 nitrogen and oxygen atoms in total. The first kappa shape index (κ1) is 13.9.